The molecular formula is C17H20FNO2S. The maximum absolute atomic E-state index is 13.1. The maximum atomic E-state index is 13.1. The van der Waals surface area contributed by atoms with E-state index in [-0.39, 0.29) is 10.9 Å². The van der Waals surface area contributed by atoms with E-state index in [9.17, 15) is 12.8 Å². The molecule has 0 fully saturated rings. The molecule has 22 heavy (non-hydrogen) atoms. The highest BCUT2D eigenvalue weighted by Crippen LogP contribution is 2.23. The van der Waals surface area contributed by atoms with Crippen molar-refractivity contribution in [2.24, 2.45) is 0 Å². The molecule has 3 nitrogen and oxygen atoms in total. The number of hydrogen-bond donors (Lipinski definition) is 1. The van der Waals surface area contributed by atoms with Crippen LogP contribution in [0, 0.1) is 26.6 Å². The first-order valence-corrected chi connectivity index (χ1v) is 8.54. The topological polar surface area (TPSA) is 46.2 Å². The van der Waals surface area contributed by atoms with Crippen molar-refractivity contribution in [2.75, 3.05) is 0 Å². The van der Waals surface area contributed by atoms with Gasteiger partial charge < -0.3 is 0 Å². The van der Waals surface area contributed by atoms with E-state index >= 15 is 0 Å². The molecule has 2 aromatic carbocycles. The fraction of sp³-hybridized carbons (Fsp3) is 0.294. The maximum Gasteiger partial charge on any atom is 0.241 e. The van der Waals surface area contributed by atoms with Crippen LogP contribution in [-0.2, 0) is 10.0 Å². The third kappa shape index (κ3) is 3.54. The Bertz CT molecular complexity index is 800. The average Bonchev–Trinajstić information content (AvgIpc) is 2.40. The van der Waals surface area contributed by atoms with Crippen LogP contribution >= 0.6 is 0 Å². The molecule has 0 amide bonds. The molecule has 118 valence electrons. The van der Waals surface area contributed by atoms with Crippen LogP contribution in [-0.4, -0.2) is 8.42 Å². The van der Waals surface area contributed by atoms with E-state index in [2.05, 4.69) is 4.72 Å². The van der Waals surface area contributed by atoms with Crippen LogP contribution in [0.4, 0.5) is 4.39 Å². The van der Waals surface area contributed by atoms with Crippen molar-refractivity contribution in [1.82, 2.24) is 4.72 Å². The summed E-state index contributed by atoms with van der Waals surface area (Å²) in [4.78, 5) is 0.103. The first kappa shape index (κ1) is 16.6. The number of hydrogen-bond acceptors (Lipinski definition) is 2. The Morgan fingerprint density at radius 3 is 2.32 bits per heavy atom. The van der Waals surface area contributed by atoms with Crippen molar-refractivity contribution in [1.29, 1.82) is 0 Å². The SMILES string of the molecule is Cc1ccc(C)c([C@H](C)NS(=O)(=O)c2ccc(F)cc2C)c1. The second-order valence-corrected chi connectivity index (χ2v) is 7.30. The summed E-state index contributed by atoms with van der Waals surface area (Å²) in [7, 11) is -3.70. The predicted molar refractivity (Wildman–Crippen MR) is 85.8 cm³/mol. The van der Waals surface area contributed by atoms with Gasteiger partial charge >= 0.3 is 0 Å². The van der Waals surface area contributed by atoms with Gasteiger partial charge in [0.05, 0.1) is 4.90 Å². The zero-order valence-electron chi connectivity index (χ0n) is 13.1. The first-order chi connectivity index (χ1) is 10.2. The summed E-state index contributed by atoms with van der Waals surface area (Å²) >= 11 is 0. The lowest BCUT2D eigenvalue weighted by atomic mass is 10.0. The van der Waals surface area contributed by atoms with Gasteiger partial charge in [-0.3, -0.25) is 0 Å². The fourth-order valence-corrected chi connectivity index (χ4v) is 3.95. The number of rotatable bonds is 4. The fourth-order valence-electron chi connectivity index (χ4n) is 2.50. The van der Waals surface area contributed by atoms with Gasteiger partial charge in [-0.2, -0.15) is 0 Å². The largest absolute Gasteiger partial charge is 0.241 e. The second-order valence-electron chi connectivity index (χ2n) is 5.61. The van der Waals surface area contributed by atoms with Gasteiger partial charge in [0.2, 0.25) is 10.0 Å². The van der Waals surface area contributed by atoms with Crippen LogP contribution in [0.2, 0.25) is 0 Å². The lowest BCUT2D eigenvalue weighted by Crippen LogP contribution is -2.28. The standard InChI is InChI=1S/C17H20FNO2S/c1-11-5-6-12(2)16(9-11)14(4)19-22(20,21)17-8-7-15(18)10-13(17)3/h5-10,14,19H,1-4H3/t14-/m0/s1. The van der Waals surface area contributed by atoms with Crippen molar-refractivity contribution >= 4 is 10.0 Å². The van der Waals surface area contributed by atoms with Gasteiger partial charge in [-0.05, 0) is 62.6 Å². The minimum Gasteiger partial charge on any atom is -0.207 e. The van der Waals surface area contributed by atoms with Crippen molar-refractivity contribution in [3.63, 3.8) is 0 Å². The third-order valence-corrected chi connectivity index (χ3v) is 5.36. The molecule has 0 bridgehead atoms. The van der Waals surface area contributed by atoms with E-state index in [1.807, 2.05) is 32.0 Å². The monoisotopic (exact) mass is 321 g/mol. The van der Waals surface area contributed by atoms with Gasteiger partial charge in [-0.15, -0.1) is 0 Å². The summed E-state index contributed by atoms with van der Waals surface area (Å²) in [5.74, 6) is -0.445. The number of halogens is 1. The molecule has 5 heteroatoms. The summed E-state index contributed by atoms with van der Waals surface area (Å²) < 4.78 is 40.8. The summed E-state index contributed by atoms with van der Waals surface area (Å²) in [6.07, 6.45) is 0. The summed E-state index contributed by atoms with van der Waals surface area (Å²) in [6.45, 7) is 7.30. The zero-order valence-corrected chi connectivity index (χ0v) is 14.0. The number of sulfonamides is 1. The van der Waals surface area contributed by atoms with Crippen LogP contribution in [0.15, 0.2) is 41.3 Å². The molecule has 0 spiro atoms. The highest BCUT2D eigenvalue weighted by molar-refractivity contribution is 7.89. The Labute approximate surface area is 131 Å². The minimum absolute atomic E-state index is 0.103. The molecule has 2 aromatic rings. The molecule has 0 saturated carbocycles. The van der Waals surface area contributed by atoms with E-state index in [0.717, 1.165) is 22.8 Å². The van der Waals surface area contributed by atoms with Gasteiger partial charge in [0.25, 0.3) is 0 Å². The number of benzene rings is 2. The number of aryl methyl sites for hydroxylation is 3. The van der Waals surface area contributed by atoms with E-state index < -0.39 is 15.8 Å². The van der Waals surface area contributed by atoms with E-state index in [1.54, 1.807) is 13.8 Å². The van der Waals surface area contributed by atoms with Crippen molar-refractivity contribution in [3.8, 4) is 0 Å². The third-order valence-electron chi connectivity index (χ3n) is 3.66. The Hall–Kier alpha value is -1.72. The van der Waals surface area contributed by atoms with Gasteiger partial charge in [-0.1, -0.05) is 23.8 Å². The molecule has 0 unspecified atom stereocenters. The van der Waals surface area contributed by atoms with Crippen LogP contribution in [0.25, 0.3) is 0 Å². The highest BCUT2D eigenvalue weighted by atomic mass is 32.2. The van der Waals surface area contributed by atoms with Crippen molar-refractivity contribution in [2.45, 2.75) is 38.6 Å². The lowest BCUT2D eigenvalue weighted by Gasteiger charge is -2.18. The quantitative estimate of drug-likeness (QED) is 0.931. The molecule has 2 rings (SSSR count). The first-order valence-electron chi connectivity index (χ1n) is 7.06. The molecular weight excluding hydrogens is 301 g/mol. The molecule has 0 aliphatic rings. The van der Waals surface area contributed by atoms with Crippen LogP contribution in [0.1, 0.15) is 35.2 Å². The van der Waals surface area contributed by atoms with Crippen LogP contribution in [0.5, 0.6) is 0 Å². The Kier molecular flexibility index (Phi) is 4.68. The Morgan fingerprint density at radius 2 is 1.68 bits per heavy atom. The van der Waals surface area contributed by atoms with E-state index in [1.165, 1.54) is 12.1 Å². The van der Waals surface area contributed by atoms with Crippen molar-refractivity contribution in [3.05, 3.63) is 64.5 Å². The van der Waals surface area contributed by atoms with Crippen LogP contribution < -0.4 is 4.72 Å². The van der Waals surface area contributed by atoms with Crippen LogP contribution in [0.3, 0.4) is 0 Å². The van der Waals surface area contributed by atoms with E-state index in [0.29, 0.717) is 5.56 Å². The normalized spacial score (nSPS) is 13.1. The van der Waals surface area contributed by atoms with Gasteiger partial charge in [0, 0.05) is 6.04 Å². The molecule has 1 atom stereocenters. The molecule has 0 saturated heterocycles. The predicted octanol–water partition coefficient (Wildman–Crippen LogP) is 3.79. The average molecular weight is 321 g/mol. The number of nitrogens with one attached hydrogen (secondary N) is 1. The zero-order chi connectivity index (χ0) is 16.5. The Balaban J connectivity index is 2.34. The molecule has 0 radical (unpaired) electrons. The van der Waals surface area contributed by atoms with Gasteiger partial charge in [0.15, 0.2) is 0 Å². The molecule has 1 N–H and O–H groups in total. The minimum atomic E-state index is -3.70. The lowest BCUT2D eigenvalue weighted by molar-refractivity contribution is 0.565. The summed E-state index contributed by atoms with van der Waals surface area (Å²) in [5, 5.41) is 0. The summed E-state index contributed by atoms with van der Waals surface area (Å²) in [5.41, 5.74) is 3.42. The van der Waals surface area contributed by atoms with E-state index in [4.69, 9.17) is 0 Å². The molecule has 0 heterocycles. The van der Waals surface area contributed by atoms with Crippen molar-refractivity contribution < 1.29 is 12.8 Å². The smallest absolute Gasteiger partial charge is 0.207 e. The molecule has 0 aromatic heterocycles. The second kappa shape index (κ2) is 6.18. The van der Waals surface area contributed by atoms with Gasteiger partial charge in [-0.25, -0.2) is 17.5 Å². The Morgan fingerprint density at radius 1 is 1.00 bits per heavy atom. The molecule has 0 aliphatic carbocycles. The molecule has 0 aliphatic heterocycles. The highest BCUT2D eigenvalue weighted by Gasteiger charge is 2.21. The summed E-state index contributed by atoms with van der Waals surface area (Å²) in [6, 6.07) is 9.24. The van der Waals surface area contributed by atoms with Gasteiger partial charge in [0.1, 0.15) is 5.82 Å².